The Morgan fingerprint density at radius 2 is 2.15 bits per heavy atom. The van der Waals surface area contributed by atoms with Crippen LogP contribution in [0.1, 0.15) is 0 Å². The van der Waals surface area contributed by atoms with Gasteiger partial charge in [-0.25, -0.2) is 0 Å². The number of hydrogen-bond donors (Lipinski definition) is 1. The van der Waals surface area contributed by atoms with Gasteiger partial charge in [-0.15, -0.1) is 0 Å². The maximum absolute atomic E-state index is 4.94. The van der Waals surface area contributed by atoms with Crippen LogP contribution in [0.2, 0.25) is 0 Å². The van der Waals surface area contributed by atoms with E-state index >= 15 is 0 Å². The second-order valence-corrected chi connectivity index (χ2v) is 4.31. The van der Waals surface area contributed by atoms with Crippen molar-refractivity contribution in [2.24, 2.45) is 0 Å². The van der Waals surface area contributed by atoms with Gasteiger partial charge in [0.25, 0.3) is 0 Å². The minimum atomic E-state index is 0.711. The lowest BCUT2D eigenvalue weighted by molar-refractivity contribution is 0.211. The summed E-state index contributed by atoms with van der Waals surface area (Å²) in [6, 6.07) is 6.03. The number of anilines is 1. The number of benzene rings is 1. The van der Waals surface area contributed by atoms with E-state index in [-0.39, 0.29) is 0 Å². The predicted molar refractivity (Wildman–Crippen MR) is 62.2 cm³/mol. The number of nitrogens with one attached hydrogen (secondary N) is 1. The standard InChI is InChI=1S/C9H11Br2NO/c1-13-5-4-12-9-3-2-7(10)6-8(9)11/h2-3,6,12H,4-5H2,1H3. The second kappa shape index (κ2) is 5.62. The molecule has 0 aliphatic heterocycles. The van der Waals surface area contributed by atoms with Crippen molar-refractivity contribution in [3.05, 3.63) is 27.1 Å². The molecule has 2 nitrogen and oxygen atoms in total. The van der Waals surface area contributed by atoms with Crippen LogP contribution >= 0.6 is 31.9 Å². The smallest absolute Gasteiger partial charge is 0.0635 e. The number of hydrogen-bond acceptors (Lipinski definition) is 2. The average Bonchev–Trinajstić information content (AvgIpc) is 2.09. The average molecular weight is 309 g/mol. The molecule has 72 valence electrons. The van der Waals surface area contributed by atoms with Gasteiger partial charge in [0.2, 0.25) is 0 Å². The number of halogens is 2. The van der Waals surface area contributed by atoms with E-state index in [2.05, 4.69) is 37.2 Å². The Labute approximate surface area is 94.9 Å². The highest BCUT2D eigenvalue weighted by molar-refractivity contribution is 9.11. The molecule has 0 atom stereocenters. The number of rotatable bonds is 4. The second-order valence-electron chi connectivity index (χ2n) is 2.54. The predicted octanol–water partition coefficient (Wildman–Crippen LogP) is 3.27. The maximum atomic E-state index is 4.94. The summed E-state index contributed by atoms with van der Waals surface area (Å²) >= 11 is 6.86. The third-order valence-electron chi connectivity index (χ3n) is 1.55. The first-order valence-corrected chi connectivity index (χ1v) is 5.50. The monoisotopic (exact) mass is 307 g/mol. The molecular weight excluding hydrogens is 298 g/mol. The van der Waals surface area contributed by atoms with Crippen molar-refractivity contribution in [3.8, 4) is 0 Å². The van der Waals surface area contributed by atoms with Gasteiger partial charge in [-0.3, -0.25) is 0 Å². The normalized spacial score (nSPS) is 10.1. The number of methoxy groups -OCH3 is 1. The van der Waals surface area contributed by atoms with Crippen LogP contribution in [0.5, 0.6) is 0 Å². The summed E-state index contributed by atoms with van der Waals surface area (Å²) in [5.74, 6) is 0. The fourth-order valence-corrected chi connectivity index (χ4v) is 2.11. The summed E-state index contributed by atoms with van der Waals surface area (Å²) < 4.78 is 7.06. The van der Waals surface area contributed by atoms with Crippen molar-refractivity contribution in [1.82, 2.24) is 0 Å². The van der Waals surface area contributed by atoms with E-state index in [4.69, 9.17) is 4.74 Å². The Hall–Kier alpha value is -0.0600. The van der Waals surface area contributed by atoms with E-state index < -0.39 is 0 Å². The van der Waals surface area contributed by atoms with Gasteiger partial charge in [-0.1, -0.05) is 15.9 Å². The molecule has 4 heteroatoms. The minimum absolute atomic E-state index is 0.711. The summed E-state index contributed by atoms with van der Waals surface area (Å²) in [7, 11) is 1.69. The molecule has 0 aliphatic rings. The van der Waals surface area contributed by atoms with Crippen LogP contribution in [-0.4, -0.2) is 20.3 Å². The molecule has 0 aliphatic carbocycles. The Morgan fingerprint density at radius 3 is 2.77 bits per heavy atom. The molecule has 1 aromatic carbocycles. The van der Waals surface area contributed by atoms with Gasteiger partial charge in [-0.05, 0) is 34.1 Å². The Morgan fingerprint density at radius 1 is 1.38 bits per heavy atom. The molecule has 0 heterocycles. The van der Waals surface area contributed by atoms with Gasteiger partial charge >= 0.3 is 0 Å². The Kier molecular flexibility index (Phi) is 4.77. The van der Waals surface area contributed by atoms with Crippen molar-refractivity contribution in [1.29, 1.82) is 0 Å². The van der Waals surface area contributed by atoms with E-state index in [0.29, 0.717) is 6.61 Å². The molecule has 0 spiro atoms. The molecule has 0 radical (unpaired) electrons. The zero-order valence-electron chi connectivity index (χ0n) is 7.31. The first-order valence-electron chi connectivity index (χ1n) is 3.92. The molecule has 0 saturated carbocycles. The van der Waals surface area contributed by atoms with Crippen molar-refractivity contribution < 1.29 is 4.74 Å². The highest BCUT2D eigenvalue weighted by atomic mass is 79.9. The molecule has 0 aromatic heterocycles. The first kappa shape index (κ1) is 11.0. The summed E-state index contributed by atoms with van der Waals surface area (Å²) in [4.78, 5) is 0. The summed E-state index contributed by atoms with van der Waals surface area (Å²) in [6.07, 6.45) is 0. The third-order valence-corrected chi connectivity index (χ3v) is 2.70. The zero-order chi connectivity index (χ0) is 9.68. The van der Waals surface area contributed by atoms with Gasteiger partial charge in [0, 0.05) is 28.3 Å². The van der Waals surface area contributed by atoms with Gasteiger partial charge < -0.3 is 10.1 Å². The van der Waals surface area contributed by atoms with Crippen molar-refractivity contribution in [3.63, 3.8) is 0 Å². The van der Waals surface area contributed by atoms with Crippen LogP contribution in [0, 0.1) is 0 Å². The van der Waals surface area contributed by atoms with Crippen molar-refractivity contribution in [2.45, 2.75) is 0 Å². The van der Waals surface area contributed by atoms with Crippen LogP contribution in [0.4, 0.5) is 5.69 Å². The molecule has 13 heavy (non-hydrogen) atoms. The van der Waals surface area contributed by atoms with E-state index in [0.717, 1.165) is 21.2 Å². The van der Waals surface area contributed by atoms with E-state index in [1.54, 1.807) is 7.11 Å². The lowest BCUT2D eigenvalue weighted by Gasteiger charge is -2.07. The minimum Gasteiger partial charge on any atom is -0.383 e. The quantitative estimate of drug-likeness (QED) is 0.862. The van der Waals surface area contributed by atoms with Crippen LogP contribution in [0.3, 0.4) is 0 Å². The van der Waals surface area contributed by atoms with Crippen molar-refractivity contribution >= 4 is 37.5 Å². The number of ether oxygens (including phenoxy) is 1. The third kappa shape index (κ3) is 3.67. The fourth-order valence-electron chi connectivity index (χ4n) is 0.921. The van der Waals surface area contributed by atoms with E-state index in [1.807, 2.05) is 18.2 Å². The molecule has 1 N–H and O–H groups in total. The molecule has 0 fully saturated rings. The summed E-state index contributed by atoms with van der Waals surface area (Å²) in [5.41, 5.74) is 1.08. The highest BCUT2D eigenvalue weighted by Gasteiger charge is 1.98. The van der Waals surface area contributed by atoms with Gasteiger partial charge in [0.1, 0.15) is 0 Å². The topological polar surface area (TPSA) is 21.3 Å². The SMILES string of the molecule is COCCNc1ccc(Br)cc1Br. The fraction of sp³-hybridized carbons (Fsp3) is 0.333. The molecule has 0 bridgehead atoms. The molecule has 0 saturated heterocycles. The maximum Gasteiger partial charge on any atom is 0.0635 e. The lowest BCUT2D eigenvalue weighted by atomic mass is 10.3. The van der Waals surface area contributed by atoms with E-state index in [9.17, 15) is 0 Å². The summed E-state index contributed by atoms with van der Waals surface area (Å²) in [5, 5.41) is 3.25. The Bertz CT molecular complexity index is 278. The largest absolute Gasteiger partial charge is 0.383 e. The zero-order valence-corrected chi connectivity index (χ0v) is 10.5. The van der Waals surface area contributed by atoms with E-state index in [1.165, 1.54) is 0 Å². The van der Waals surface area contributed by atoms with Crippen LogP contribution in [-0.2, 0) is 4.74 Å². The first-order chi connectivity index (χ1) is 6.24. The lowest BCUT2D eigenvalue weighted by Crippen LogP contribution is -2.07. The summed E-state index contributed by atoms with van der Waals surface area (Å²) in [6.45, 7) is 1.53. The molecular formula is C9H11Br2NO. The van der Waals surface area contributed by atoms with Crippen molar-refractivity contribution in [2.75, 3.05) is 25.6 Å². The van der Waals surface area contributed by atoms with Crippen LogP contribution in [0.25, 0.3) is 0 Å². The van der Waals surface area contributed by atoms with Crippen LogP contribution < -0.4 is 5.32 Å². The van der Waals surface area contributed by atoms with Gasteiger partial charge in [0.05, 0.1) is 6.61 Å². The molecule has 1 rings (SSSR count). The van der Waals surface area contributed by atoms with Gasteiger partial charge in [0.15, 0.2) is 0 Å². The molecule has 1 aromatic rings. The molecule has 0 unspecified atom stereocenters. The molecule has 0 amide bonds. The highest BCUT2D eigenvalue weighted by Crippen LogP contribution is 2.25. The van der Waals surface area contributed by atoms with Gasteiger partial charge in [-0.2, -0.15) is 0 Å². The Balaban J connectivity index is 2.56. The van der Waals surface area contributed by atoms with Crippen LogP contribution in [0.15, 0.2) is 27.1 Å².